The molecular weight excluding hydrogens is 524 g/mol. The number of hydrogen-bond donors (Lipinski definition) is 0. The maximum absolute atomic E-state index is 13.5. The molecule has 2 heterocycles. The van der Waals surface area contributed by atoms with Crippen molar-refractivity contribution in [3.63, 3.8) is 0 Å². The van der Waals surface area contributed by atoms with Gasteiger partial charge in [0, 0.05) is 33.3 Å². The molecule has 0 spiro atoms. The first-order chi connectivity index (χ1) is 15.8. The third kappa shape index (κ3) is 3.96. The van der Waals surface area contributed by atoms with E-state index in [1.807, 2.05) is 30.0 Å². The summed E-state index contributed by atoms with van der Waals surface area (Å²) in [5, 5.41) is 0.487. The second-order valence-electron chi connectivity index (χ2n) is 8.48. The number of fused-ring (bicyclic) bond motifs is 2. The summed E-state index contributed by atoms with van der Waals surface area (Å²) >= 11 is 9.44. The highest BCUT2D eigenvalue weighted by atomic mass is 79.9. The van der Waals surface area contributed by atoms with E-state index in [4.69, 9.17) is 11.6 Å². The van der Waals surface area contributed by atoms with Gasteiger partial charge in [-0.3, -0.25) is 9.10 Å². The van der Waals surface area contributed by atoms with Crippen LogP contribution in [-0.2, 0) is 22.9 Å². The molecule has 0 unspecified atom stereocenters. The van der Waals surface area contributed by atoms with E-state index in [-0.39, 0.29) is 16.8 Å². The Balaban J connectivity index is 1.48. The van der Waals surface area contributed by atoms with Crippen LogP contribution in [0.2, 0.25) is 5.02 Å². The van der Waals surface area contributed by atoms with Gasteiger partial charge in [0.2, 0.25) is 0 Å². The molecule has 0 fully saturated rings. The van der Waals surface area contributed by atoms with E-state index in [0.717, 1.165) is 34.1 Å². The minimum atomic E-state index is -3.72. The van der Waals surface area contributed by atoms with Gasteiger partial charge in [-0.15, -0.1) is 0 Å². The number of hydrogen-bond acceptors (Lipinski definition) is 3. The molecule has 5 nitrogen and oxygen atoms in total. The molecule has 0 N–H and O–H groups in total. The molecule has 2 aliphatic rings. The van der Waals surface area contributed by atoms with Crippen LogP contribution in [0.4, 0.5) is 11.4 Å². The van der Waals surface area contributed by atoms with Gasteiger partial charge in [0.15, 0.2) is 0 Å². The number of nitrogens with zero attached hydrogens (tertiary/aromatic N) is 2. The minimum Gasteiger partial charge on any atom is -0.305 e. The van der Waals surface area contributed by atoms with E-state index in [1.54, 1.807) is 24.3 Å². The van der Waals surface area contributed by atoms with E-state index < -0.39 is 10.0 Å². The predicted molar refractivity (Wildman–Crippen MR) is 135 cm³/mol. The van der Waals surface area contributed by atoms with Gasteiger partial charge in [-0.1, -0.05) is 27.5 Å². The molecule has 5 rings (SSSR count). The SMILES string of the molecule is C[C@H]1Cc2cc(Br)ccc2N1C(=O)c1ccc2c(c1)CCCN2S(=O)(=O)c1ccc(Cl)cc1. The zero-order chi connectivity index (χ0) is 23.3. The van der Waals surface area contributed by atoms with Crippen LogP contribution in [0.25, 0.3) is 0 Å². The van der Waals surface area contributed by atoms with Crippen LogP contribution in [0.3, 0.4) is 0 Å². The number of carbonyl (C=O) groups is 1. The summed E-state index contributed by atoms with van der Waals surface area (Å²) in [5.74, 6) is -0.0657. The molecule has 0 radical (unpaired) electrons. The van der Waals surface area contributed by atoms with Gasteiger partial charge in [-0.25, -0.2) is 8.42 Å². The topological polar surface area (TPSA) is 57.7 Å². The van der Waals surface area contributed by atoms with Gasteiger partial charge in [-0.05, 0) is 98.0 Å². The number of halogens is 2. The monoisotopic (exact) mass is 544 g/mol. The number of carbonyl (C=O) groups excluding carboxylic acids is 1. The summed E-state index contributed by atoms with van der Waals surface area (Å²) in [5.41, 5.74) is 4.14. The highest BCUT2D eigenvalue weighted by Gasteiger charge is 2.33. The average molecular weight is 546 g/mol. The Morgan fingerprint density at radius 2 is 1.73 bits per heavy atom. The molecule has 3 aromatic carbocycles. The number of rotatable bonds is 3. The Morgan fingerprint density at radius 1 is 1.00 bits per heavy atom. The van der Waals surface area contributed by atoms with Crippen molar-refractivity contribution in [2.75, 3.05) is 15.7 Å². The van der Waals surface area contributed by atoms with Crippen molar-refractivity contribution in [1.29, 1.82) is 0 Å². The molecule has 3 aromatic rings. The molecular formula is C25H22BrClN2O3S. The Kier molecular flexibility index (Phi) is 5.75. The predicted octanol–water partition coefficient (Wildman–Crippen LogP) is 5.84. The number of aryl methyl sites for hydroxylation is 1. The van der Waals surface area contributed by atoms with Gasteiger partial charge in [-0.2, -0.15) is 0 Å². The third-order valence-corrected chi connectivity index (χ3v) is 8.85. The molecule has 1 amide bonds. The standard InChI is InChI=1S/C25H22BrClN2O3S/c1-16-13-19-15-20(26)5-11-24(19)29(16)25(30)18-4-10-23-17(14-18)3-2-12-28(23)33(31,32)22-8-6-21(27)7-9-22/h4-11,14-16H,2-3,12-13H2,1H3/t16-/m0/s1. The molecule has 33 heavy (non-hydrogen) atoms. The number of sulfonamides is 1. The molecule has 1 atom stereocenters. The molecule has 2 aliphatic heterocycles. The van der Waals surface area contributed by atoms with E-state index in [2.05, 4.69) is 22.0 Å². The second-order valence-corrected chi connectivity index (χ2v) is 11.7. The molecule has 0 aromatic heterocycles. The van der Waals surface area contributed by atoms with Crippen molar-refractivity contribution < 1.29 is 13.2 Å². The van der Waals surface area contributed by atoms with Crippen LogP contribution in [0.1, 0.15) is 34.8 Å². The van der Waals surface area contributed by atoms with E-state index in [9.17, 15) is 13.2 Å². The van der Waals surface area contributed by atoms with Gasteiger partial charge >= 0.3 is 0 Å². The first-order valence-corrected chi connectivity index (χ1v) is 13.4. The van der Waals surface area contributed by atoms with Crippen molar-refractivity contribution in [2.24, 2.45) is 0 Å². The summed E-state index contributed by atoms with van der Waals surface area (Å²) in [6.07, 6.45) is 2.22. The number of anilines is 2. The Hall–Kier alpha value is -2.35. The van der Waals surface area contributed by atoms with Crippen LogP contribution in [-0.4, -0.2) is 26.9 Å². The minimum absolute atomic E-state index is 0.0552. The maximum atomic E-state index is 13.5. The van der Waals surface area contributed by atoms with Gasteiger partial charge in [0.1, 0.15) is 0 Å². The van der Waals surface area contributed by atoms with Crippen molar-refractivity contribution in [3.05, 3.63) is 86.8 Å². The zero-order valence-electron chi connectivity index (χ0n) is 18.0. The van der Waals surface area contributed by atoms with Crippen molar-refractivity contribution in [3.8, 4) is 0 Å². The fourth-order valence-corrected chi connectivity index (χ4v) is 6.80. The van der Waals surface area contributed by atoms with E-state index in [1.165, 1.54) is 16.4 Å². The summed E-state index contributed by atoms with van der Waals surface area (Å²) < 4.78 is 29.0. The lowest BCUT2D eigenvalue weighted by atomic mass is 10.00. The highest BCUT2D eigenvalue weighted by Crippen LogP contribution is 2.37. The third-order valence-electron chi connectivity index (χ3n) is 6.28. The molecule has 0 bridgehead atoms. The Morgan fingerprint density at radius 3 is 2.48 bits per heavy atom. The van der Waals surface area contributed by atoms with E-state index in [0.29, 0.717) is 29.2 Å². The molecule has 170 valence electrons. The van der Waals surface area contributed by atoms with E-state index >= 15 is 0 Å². The van der Waals surface area contributed by atoms with Gasteiger partial charge in [0.25, 0.3) is 15.9 Å². The Bertz CT molecular complexity index is 1360. The molecule has 8 heteroatoms. The molecule has 0 aliphatic carbocycles. The second kappa shape index (κ2) is 8.46. The smallest absolute Gasteiger partial charge is 0.264 e. The fourth-order valence-electron chi connectivity index (χ4n) is 4.73. The first-order valence-electron chi connectivity index (χ1n) is 10.8. The molecule has 0 saturated heterocycles. The van der Waals surface area contributed by atoms with Crippen LogP contribution in [0.15, 0.2) is 70.0 Å². The summed E-state index contributed by atoms with van der Waals surface area (Å²) in [7, 11) is -3.72. The summed E-state index contributed by atoms with van der Waals surface area (Å²) in [4.78, 5) is 15.5. The Labute approximate surface area is 207 Å². The largest absolute Gasteiger partial charge is 0.305 e. The lowest BCUT2D eigenvalue weighted by Gasteiger charge is -2.31. The van der Waals surface area contributed by atoms with Crippen molar-refractivity contribution in [1.82, 2.24) is 0 Å². The maximum Gasteiger partial charge on any atom is 0.264 e. The first kappa shape index (κ1) is 22.4. The summed E-state index contributed by atoms with van der Waals surface area (Å²) in [6, 6.07) is 17.6. The number of amides is 1. The van der Waals surface area contributed by atoms with Crippen LogP contribution >= 0.6 is 27.5 Å². The normalized spacial score (nSPS) is 17.6. The van der Waals surface area contributed by atoms with Crippen molar-refractivity contribution >= 4 is 54.8 Å². The highest BCUT2D eigenvalue weighted by molar-refractivity contribution is 9.10. The van der Waals surface area contributed by atoms with Gasteiger partial charge < -0.3 is 4.90 Å². The van der Waals surface area contributed by atoms with Crippen LogP contribution in [0, 0.1) is 0 Å². The van der Waals surface area contributed by atoms with Crippen LogP contribution < -0.4 is 9.21 Å². The molecule has 0 saturated carbocycles. The van der Waals surface area contributed by atoms with Gasteiger partial charge in [0.05, 0.1) is 10.6 Å². The quantitative estimate of drug-likeness (QED) is 0.416. The zero-order valence-corrected chi connectivity index (χ0v) is 21.1. The van der Waals surface area contributed by atoms with Crippen molar-refractivity contribution in [2.45, 2.75) is 37.1 Å². The average Bonchev–Trinajstić information content (AvgIpc) is 3.12. The van der Waals surface area contributed by atoms with Crippen LogP contribution in [0.5, 0.6) is 0 Å². The lowest BCUT2D eigenvalue weighted by molar-refractivity contribution is 0.0981. The lowest BCUT2D eigenvalue weighted by Crippen LogP contribution is -2.37. The number of benzene rings is 3. The summed E-state index contributed by atoms with van der Waals surface area (Å²) in [6.45, 7) is 2.45. The fraction of sp³-hybridized carbons (Fsp3) is 0.240.